The number of rotatable bonds is 3. The average molecular weight is 273 g/mol. The van der Waals surface area contributed by atoms with Crippen LogP contribution in [0.4, 0.5) is 4.79 Å². The highest BCUT2D eigenvalue weighted by atomic mass is 35.5. The topological polar surface area (TPSA) is 26.3 Å². The Morgan fingerprint density at radius 1 is 1.47 bits per heavy atom. The number of hydrogen-bond donors (Lipinski definition) is 0. The lowest BCUT2D eigenvalue weighted by Gasteiger charge is -2.13. The molecule has 0 aliphatic rings. The van der Waals surface area contributed by atoms with Crippen LogP contribution in [-0.4, -0.2) is 11.9 Å². The van der Waals surface area contributed by atoms with E-state index in [1.54, 1.807) is 6.92 Å². The summed E-state index contributed by atoms with van der Waals surface area (Å²) in [7, 11) is 0. The van der Waals surface area contributed by atoms with Crippen molar-refractivity contribution in [2.75, 3.05) is 6.61 Å². The number of carbonyl (C=O) groups excluding carboxylic acids is 1. The molecule has 0 spiro atoms. The summed E-state index contributed by atoms with van der Waals surface area (Å²) >= 11 is 7.19. The van der Waals surface area contributed by atoms with E-state index in [1.807, 2.05) is 19.1 Å². The Balaban J connectivity index is 3.04. The van der Waals surface area contributed by atoms with Crippen LogP contribution in [0.1, 0.15) is 37.8 Å². The molecule has 0 atom stereocenters. The third-order valence-corrected chi connectivity index (χ3v) is 3.63. The molecule has 1 rings (SSSR count). The molecule has 0 amide bonds. The van der Waals surface area contributed by atoms with Crippen molar-refractivity contribution in [1.29, 1.82) is 0 Å². The van der Waals surface area contributed by atoms with E-state index in [4.69, 9.17) is 16.3 Å². The predicted octanol–water partition coefficient (Wildman–Crippen LogP) is 5.02. The van der Waals surface area contributed by atoms with Gasteiger partial charge in [-0.2, -0.15) is 0 Å². The van der Waals surface area contributed by atoms with E-state index in [-0.39, 0.29) is 5.30 Å². The molecular formula is C13H17ClO2S. The molecule has 0 unspecified atom stereocenters. The van der Waals surface area contributed by atoms with E-state index >= 15 is 0 Å². The Bertz CT molecular complexity index is 416. The van der Waals surface area contributed by atoms with Gasteiger partial charge in [0, 0.05) is 9.92 Å². The van der Waals surface area contributed by atoms with Gasteiger partial charge in [-0.15, -0.1) is 0 Å². The second kappa shape index (κ2) is 6.31. The number of carbonyl (C=O) groups is 1. The van der Waals surface area contributed by atoms with Crippen LogP contribution >= 0.6 is 23.4 Å². The molecule has 2 nitrogen and oxygen atoms in total. The van der Waals surface area contributed by atoms with Gasteiger partial charge in [0.2, 0.25) is 0 Å². The fourth-order valence-electron chi connectivity index (χ4n) is 1.46. The Hall–Kier alpha value is -0.670. The van der Waals surface area contributed by atoms with Crippen molar-refractivity contribution >= 4 is 28.7 Å². The Labute approximate surface area is 112 Å². The summed E-state index contributed by atoms with van der Waals surface area (Å²) < 4.78 is 4.93. The van der Waals surface area contributed by atoms with Gasteiger partial charge in [0.25, 0.3) is 0 Å². The lowest BCUT2D eigenvalue weighted by atomic mass is 10.0. The molecule has 0 saturated carbocycles. The highest BCUT2D eigenvalue weighted by Crippen LogP contribution is 2.33. The van der Waals surface area contributed by atoms with E-state index in [0.29, 0.717) is 17.5 Å². The second-order valence-corrected chi connectivity index (χ2v) is 5.46. The summed E-state index contributed by atoms with van der Waals surface area (Å²) in [5, 5.41) is 0.399. The zero-order chi connectivity index (χ0) is 13.0. The van der Waals surface area contributed by atoms with Gasteiger partial charge >= 0.3 is 5.30 Å². The van der Waals surface area contributed by atoms with Crippen LogP contribution in [0.2, 0.25) is 5.02 Å². The van der Waals surface area contributed by atoms with Gasteiger partial charge in [-0.25, -0.2) is 4.79 Å². The Kier molecular flexibility index (Phi) is 5.34. The van der Waals surface area contributed by atoms with Crippen LogP contribution in [0.25, 0.3) is 0 Å². The largest absolute Gasteiger partial charge is 0.458 e. The Morgan fingerprint density at radius 3 is 2.65 bits per heavy atom. The van der Waals surface area contributed by atoms with Crippen molar-refractivity contribution in [1.82, 2.24) is 0 Å². The van der Waals surface area contributed by atoms with Crippen LogP contribution in [-0.2, 0) is 4.74 Å². The van der Waals surface area contributed by atoms with E-state index in [0.717, 1.165) is 27.8 Å². The molecular weight excluding hydrogens is 256 g/mol. The fraction of sp³-hybridized carbons (Fsp3) is 0.462. The SMILES string of the molecule is CCOC(=O)Sc1cc(Cl)c(C)cc1C(C)C. The maximum atomic E-state index is 11.5. The smallest absolute Gasteiger partial charge is 0.372 e. The van der Waals surface area contributed by atoms with Crippen molar-refractivity contribution in [3.63, 3.8) is 0 Å². The number of halogens is 1. The minimum atomic E-state index is -0.283. The molecule has 0 heterocycles. The molecule has 0 saturated heterocycles. The van der Waals surface area contributed by atoms with E-state index in [1.165, 1.54) is 0 Å². The van der Waals surface area contributed by atoms with Gasteiger partial charge in [-0.1, -0.05) is 31.5 Å². The fourth-order valence-corrected chi connectivity index (χ4v) is 2.64. The summed E-state index contributed by atoms with van der Waals surface area (Å²) in [4.78, 5) is 12.4. The van der Waals surface area contributed by atoms with E-state index in [9.17, 15) is 4.79 Å². The minimum absolute atomic E-state index is 0.283. The summed E-state index contributed by atoms with van der Waals surface area (Å²) in [5.74, 6) is 0.350. The molecule has 4 heteroatoms. The average Bonchev–Trinajstić information content (AvgIpc) is 2.23. The lowest BCUT2D eigenvalue weighted by molar-refractivity contribution is 0.181. The van der Waals surface area contributed by atoms with Gasteiger partial charge in [0.15, 0.2) is 0 Å². The van der Waals surface area contributed by atoms with Crippen molar-refractivity contribution in [3.8, 4) is 0 Å². The quantitative estimate of drug-likeness (QED) is 0.571. The van der Waals surface area contributed by atoms with E-state index in [2.05, 4.69) is 13.8 Å². The Morgan fingerprint density at radius 2 is 2.12 bits per heavy atom. The molecule has 0 aliphatic carbocycles. The van der Waals surface area contributed by atoms with Crippen molar-refractivity contribution in [2.45, 2.75) is 38.5 Å². The molecule has 1 aromatic carbocycles. The highest BCUT2D eigenvalue weighted by Gasteiger charge is 2.14. The van der Waals surface area contributed by atoms with Gasteiger partial charge in [-0.05, 0) is 48.7 Å². The van der Waals surface area contributed by atoms with Crippen molar-refractivity contribution < 1.29 is 9.53 Å². The summed E-state index contributed by atoms with van der Waals surface area (Å²) in [6, 6.07) is 3.88. The minimum Gasteiger partial charge on any atom is -0.458 e. The molecule has 0 fully saturated rings. The molecule has 1 aromatic rings. The first-order valence-electron chi connectivity index (χ1n) is 5.60. The van der Waals surface area contributed by atoms with Crippen molar-refractivity contribution in [2.24, 2.45) is 0 Å². The number of ether oxygens (including phenoxy) is 1. The first kappa shape index (κ1) is 14.4. The van der Waals surface area contributed by atoms with E-state index < -0.39 is 0 Å². The van der Waals surface area contributed by atoms with Crippen LogP contribution < -0.4 is 0 Å². The predicted molar refractivity (Wildman–Crippen MR) is 73.2 cm³/mol. The van der Waals surface area contributed by atoms with Crippen LogP contribution in [0.15, 0.2) is 17.0 Å². The second-order valence-electron chi connectivity index (χ2n) is 4.08. The third kappa shape index (κ3) is 3.93. The van der Waals surface area contributed by atoms with Gasteiger partial charge in [0.1, 0.15) is 0 Å². The molecule has 17 heavy (non-hydrogen) atoms. The lowest BCUT2D eigenvalue weighted by Crippen LogP contribution is -1.99. The zero-order valence-corrected chi connectivity index (χ0v) is 12.1. The van der Waals surface area contributed by atoms with Crippen molar-refractivity contribution in [3.05, 3.63) is 28.3 Å². The van der Waals surface area contributed by atoms with Gasteiger partial charge in [-0.3, -0.25) is 0 Å². The monoisotopic (exact) mass is 272 g/mol. The highest BCUT2D eigenvalue weighted by molar-refractivity contribution is 8.13. The zero-order valence-electron chi connectivity index (χ0n) is 10.5. The van der Waals surface area contributed by atoms with Gasteiger partial charge < -0.3 is 4.74 Å². The number of benzene rings is 1. The number of thioether (sulfide) groups is 1. The first-order valence-corrected chi connectivity index (χ1v) is 6.79. The molecule has 0 radical (unpaired) electrons. The summed E-state index contributed by atoms with van der Waals surface area (Å²) in [6.45, 7) is 8.34. The maximum Gasteiger partial charge on any atom is 0.372 e. The van der Waals surface area contributed by atoms with Gasteiger partial charge in [0.05, 0.1) is 6.61 Å². The third-order valence-electron chi connectivity index (χ3n) is 2.37. The van der Waals surface area contributed by atoms with Crippen LogP contribution in [0.3, 0.4) is 0 Å². The summed E-state index contributed by atoms with van der Waals surface area (Å²) in [5.41, 5.74) is 2.16. The molecule has 94 valence electrons. The molecule has 0 N–H and O–H groups in total. The molecule has 0 aliphatic heterocycles. The molecule has 0 bridgehead atoms. The van der Waals surface area contributed by atoms with Crippen LogP contribution in [0.5, 0.6) is 0 Å². The summed E-state index contributed by atoms with van der Waals surface area (Å²) in [6.07, 6.45) is 0. The number of aryl methyl sites for hydroxylation is 1. The molecule has 0 aromatic heterocycles. The first-order chi connectivity index (χ1) is 7.95. The number of hydrogen-bond acceptors (Lipinski definition) is 3. The maximum absolute atomic E-state index is 11.5. The normalized spacial score (nSPS) is 10.7. The standard InChI is InChI=1S/C13H17ClO2S/c1-5-16-13(15)17-12-7-11(14)9(4)6-10(12)8(2)3/h6-8H,5H2,1-4H3. The van der Waals surface area contributed by atoms with Crippen LogP contribution in [0, 0.1) is 6.92 Å².